The number of pyridine rings is 1. The third kappa shape index (κ3) is 4.20. The molecule has 3 aromatic heterocycles. The van der Waals surface area contributed by atoms with Crippen LogP contribution >= 0.6 is 0 Å². The third-order valence-electron chi connectivity index (χ3n) is 5.65. The van der Waals surface area contributed by atoms with E-state index in [1.807, 2.05) is 23.8 Å². The highest BCUT2D eigenvalue weighted by Crippen LogP contribution is 2.39. The van der Waals surface area contributed by atoms with Gasteiger partial charge in [0.1, 0.15) is 23.0 Å². The summed E-state index contributed by atoms with van der Waals surface area (Å²) in [6.45, 7) is 2.50. The summed E-state index contributed by atoms with van der Waals surface area (Å²) in [5, 5.41) is 4.59. The number of alkyl halides is 3. The van der Waals surface area contributed by atoms with E-state index >= 15 is 0 Å². The summed E-state index contributed by atoms with van der Waals surface area (Å²) in [6, 6.07) is 9.79. The number of hydrogen-bond donors (Lipinski definition) is 0. The number of aromatic nitrogens is 6. The molecule has 0 amide bonds. The fraction of sp³-hybridized carbons (Fsp3) is 0.304. The van der Waals surface area contributed by atoms with Crippen LogP contribution in [0.15, 0.2) is 48.9 Å². The topological polar surface area (TPSA) is 79.9 Å². The zero-order valence-corrected chi connectivity index (χ0v) is 18.5. The first-order chi connectivity index (χ1) is 16.3. The van der Waals surface area contributed by atoms with Crippen LogP contribution in [0.1, 0.15) is 35.8 Å². The Balaban J connectivity index is 1.52. The van der Waals surface area contributed by atoms with E-state index in [4.69, 9.17) is 4.74 Å². The summed E-state index contributed by atoms with van der Waals surface area (Å²) in [7, 11) is 1.53. The second-order valence-corrected chi connectivity index (χ2v) is 7.94. The Labute approximate surface area is 193 Å². The van der Waals surface area contributed by atoms with Crippen molar-refractivity contribution < 1.29 is 22.6 Å². The van der Waals surface area contributed by atoms with E-state index in [0.29, 0.717) is 47.4 Å². The number of aryl methyl sites for hydroxylation is 2. The molecular weight excluding hydrogens is 449 g/mol. The SMILES string of the molecule is COc1nc(-c2nc3n(n2)CCC[C@@H]3c2ccccc2OC(F)(F)F)ccc1-n1cnc(C)c1. The molecule has 8 nitrogen and oxygen atoms in total. The van der Waals surface area contributed by atoms with Crippen LogP contribution in [-0.4, -0.2) is 42.8 Å². The second kappa shape index (κ2) is 8.47. The van der Waals surface area contributed by atoms with Gasteiger partial charge in [0, 0.05) is 24.2 Å². The normalized spacial score (nSPS) is 15.7. The predicted octanol–water partition coefficient (Wildman–Crippen LogP) is 4.67. The van der Waals surface area contributed by atoms with E-state index in [0.717, 1.165) is 12.1 Å². The molecule has 5 rings (SSSR count). The summed E-state index contributed by atoms with van der Waals surface area (Å²) in [5.74, 6) is 0.724. The number of methoxy groups -OCH3 is 1. The van der Waals surface area contributed by atoms with Crippen molar-refractivity contribution in [2.75, 3.05) is 7.11 Å². The van der Waals surface area contributed by atoms with Crippen molar-refractivity contribution in [2.45, 2.75) is 38.6 Å². The number of para-hydroxylation sites is 1. The van der Waals surface area contributed by atoms with Gasteiger partial charge < -0.3 is 14.0 Å². The number of benzene rings is 1. The van der Waals surface area contributed by atoms with Gasteiger partial charge >= 0.3 is 6.36 Å². The molecule has 0 radical (unpaired) electrons. The van der Waals surface area contributed by atoms with E-state index in [9.17, 15) is 13.2 Å². The molecule has 4 aromatic rings. The monoisotopic (exact) mass is 470 g/mol. The third-order valence-corrected chi connectivity index (χ3v) is 5.65. The minimum atomic E-state index is -4.78. The van der Waals surface area contributed by atoms with Gasteiger partial charge in [-0.15, -0.1) is 18.3 Å². The smallest absolute Gasteiger partial charge is 0.479 e. The van der Waals surface area contributed by atoms with Crippen LogP contribution in [0, 0.1) is 6.92 Å². The van der Waals surface area contributed by atoms with Gasteiger partial charge in [-0.25, -0.2) is 19.6 Å². The summed E-state index contributed by atoms with van der Waals surface area (Å²) < 4.78 is 52.2. The van der Waals surface area contributed by atoms with Gasteiger partial charge in [0.2, 0.25) is 5.88 Å². The largest absolute Gasteiger partial charge is 0.573 e. The number of rotatable bonds is 5. The molecule has 0 bridgehead atoms. The Kier molecular flexibility index (Phi) is 5.46. The molecule has 0 aliphatic carbocycles. The quantitative estimate of drug-likeness (QED) is 0.422. The van der Waals surface area contributed by atoms with E-state index < -0.39 is 6.36 Å². The summed E-state index contributed by atoms with van der Waals surface area (Å²) in [6.07, 6.45) is 0.132. The van der Waals surface area contributed by atoms with Gasteiger partial charge in [-0.1, -0.05) is 18.2 Å². The molecule has 176 valence electrons. The molecule has 34 heavy (non-hydrogen) atoms. The molecule has 1 aromatic carbocycles. The maximum atomic E-state index is 13.0. The lowest BCUT2D eigenvalue weighted by Gasteiger charge is -2.24. The molecular formula is C23H21F3N6O2. The van der Waals surface area contributed by atoms with Crippen molar-refractivity contribution >= 4 is 0 Å². The minimum Gasteiger partial charge on any atom is -0.479 e. The number of ether oxygens (including phenoxy) is 2. The highest BCUT2D eigenvalue weighted by Gasteiger charge is 2.35. The first kappa shape index (κ1) is 21.9. The minimum absolute atomic E-state index is 0.224. The molecule has 0 unspecified atom stereocenters. The Morgan fingerprint density at radius 2 is 1.91 bits per heavy atom. The van der Waals surface area contributed by atoms with E-state index in [2.05, 4.69) is 24.8 Å². The molecule has 4 heterocycles. The van der Waals surface area contributed by atoms with Crippen LogP contribution in [0.2, 0.25) is 0 Å². The standard InChI is InChI=1S/C23H21F3N6O2/c1-14-12-31(13-27-14)18-10-9-17(28-22(18)33-2)20-29-21-16(7-5-11-32(21)30-20)15-6-3-4-8-19(15)34-23(24,25)26/h3-4,6,8-10,12-13,16H,5,7,11H2,1-2H3/t16-/m1/s1. The lowest BCUT2D eigenvalue weighted by atomic mass is 9.90. The number of halogens is 3. The Bertz CT molecular complexity index is 1330. The first-order valence-electron chi connectivity index (χ1n) is 10.7. The van der Waals surface area contributed by atoms with Crippen LogP contribution in [-0.2, 0) is 6.54 Å². The maximum Gasteiger partial charge on any atom is 0.573 e. The highest BCUT2D eigenvalue weighted by molar-refractivity contribution is 5.56. The van der Waals surface area contributed by atoms with Crippen LogP contribution in [0.4, 0.5) is 13.2 Å². The van der Waals surface area contributed by atoms with Crippen molar-refractivity contribution in [3.63, 3.8) is 0 Å². The van der Waals surface area contributed by atoms with E-state index in [1.165, 1.54) is 19.2 Å². The predicted molar refractivity (Wildman–Crippen MR) is 116 cm³/mol. The van der Waals surface area contributed by atoms with Crippen LogP contribution in [0.5, 0.6) is 11.6 Å². The van der Waals surface area contributed by atoms with Crippen LogP contribution in [0.25, 0.3) is 17.2 Å². The average Bonchev–Trinajstić information content (AvgIpc) is 3.44. The van der Waals surface area contributed by atoms with Crippen molar-refractivity contribution in [1.29, 1.82) is 0 Å². The number of nitrogens with zero attached hydrogens (tertiary/aromatic N) is 6. The molecule has 0 spiro atoms. The fourth-order valence-electron chi connectivity index (χ4n) is 4.20. The summed E-state index contributed by atoms with van der Waals surface area (Å²) in [4.78, 5) is 13.5. The Morgan fingerprint density at radius 1 is 1.09 bits per heavy atom. The Hall–Kier alpha value is -3.89. The molecule has 0 fully saturated rings. The van der Waals surface area contributed by atoms with Crippen molar-refractivity contribution in [2.24, 2.45) is 0 Å². The van der Waals surface area contributed by atoms with Gasteiger partial charge in [0.25, 0.3) is 0 Å². The van der Waals surface area contributed by atoms with Crippen LogP contribution < -0.4 is 9.47 Å². The fourth-order valence-corrected chi connectivity index (χ4v) is 4.20. The zero-order chi connectivity index (χ0) is 23.9. The van der Waals surface area contributed by atoms with Crippen molar-refractivity contribution in [3.8, 4) is 28.8 Å². The maximum absolute atomic E-state index is 13.0. The number of imidazole rings is 1. The summed E-state index contributed by atoms with van der Waals surface area (Å²) in [5.41, 5.74) is 2.50. The molecule has 1 aliphatic rings. The molecule has 0 N–H and O–H groups in total. The molecule has 1 atom stereocenters. The average molecular weight is 470 g/mol. The van der Waals surface area contributed by atoms with E-state index in [1.54, 1.807) is 29.2 Å². The van der Waals surface area contributed by atoms with Gasteiger partial charge in [-0.2, -0.15) is 0 Å². The van der Waals surface area contributed by atoms with Gasteiger partial charge in [-0.05, 0) is 38.0 Å². The lowest BCUT2D eigenvalue weighted by molar-refractivity contribution is -0.275. The highest BCUT2D eigenvalue weighted by atomic mass is 19.4. The van der Waals surface area contributed by atoms with Gasteiger partial charge in [-0.3, -0.25) is 0 Å². The van der Waals surface area contributed by atoms with Gasteiger partial charge in [0.05, 0.1) is 19.1 Å². The molecule has 1 aliphatic heterocycles. The number of hydrogen-bond acceptors (Lipinski definition) is 6. The zero-order valence-electron chi connectivity index (χ0n) is 18.5. The second-order valence-electron chi connectivity index (χ2n) is 7.94. The van der Waals surface area contributed by atoms with Crippen molar-refractivity contribution in [1.82, 2.24) is 29.3 Å². The first-order valence-corrected chi connectivity index (χ1v) is 10.7. The Morgan fingerprint density at radius 3 is 2.65 bits per heavy atom. The molecule has 11 heteroatoms. The molecule has 0 saturated heterocycles. The lowest BCUT2D eigenvalue weighted by Crippen LogP contribution is -2.21. The van der Waals surface area contributed by atoms with E-state index in [-0.39, 0.29) is 11.7 Å². The molecule has 0 saturated carbocycles. The van der Waals surface area contributed by atoms with Gasteiger partial charge in [0.15, 0.2) is 5.82 Å². The summed E-state index contributed by atoms with van der Waals surface area (Å²) >= 11 is 0. The van der Waals surface area contributed by atoms with Crippen LogP contribution in [0.3, 0.4) is 0 Å². The number of fused-ring (bicyclic) bond motifs is 1. The van der Waals surface area contributed by atoms with Crippen molar-refractivity contribution in [3.05, 3.63) is 66.0 Å².